The average Bonchev–Trinajstić information content (AvgIpc) is 2.77. The summed E-state index contributed by atoms with van der Waals surface area (Å²) in [7, 11) is -1.41. The molecule has 1 atom stereocenters. The van der Waals surface area contributed by atoms with E-state index in [1.807, 2.05) is 0 Å². The fourth-order valence-electron chi connectivity index (χ4n) is 2.09. The zero-order valence-electron chi connectivity index (χ0n) is 9.92. The molecule has 1 saturated heterocycles. The van der Waals surface area contributed by atoms with Gasteiger partial charge in [-0.2, -0.15) is 4.31 Å². The van der Waals surface area contributed by atoms with E-state index in [0.717, 1.165) is 12.8 Å². The molecular weight excluding hydrogens is 240 g/mol. The third-order valence-corrected chi connectivity index (χ3v) is 4.17. The van der Waals surface area contributed by atoms with Gasteiger partial charge in [-0.1, -0.05) is 0 Å². The maximum atomic E-state index is 11.6. The van der Waals surface area contributed by atoms with Crippen LogP contribution >= 0.6 is 0 Å². The SMILES string of the molecule is CNc1cncc([C@@H]2CCCN2S(C)(=O)=O)n1. The van der Waals surface area contributed by atoms with Crippen LogP contribution in [0.4, 0.5) is 5.82 Å². The molecule has 1 aromatic heterocycles. The van der Waals surface area contributed by atoms with Crippen LogP contribution in [-0.4, -0.2) is 42.5 Å². The monoisotopic (exact) mass is 256 g/mol. The van der Waals surface area contributed by atoms with Crippen molar-refractivity contribution in [2.24, 2.45) is 0 Å². The van der Waals surface area contributed by atoms with Gasteiger partial charge in [-0.25, -0.2) is 13.4 Å². The smallest absolute Gasteiger partial charge is 0.211 e. The summed E-state index contributed by atoms with van der Waals surface area (Å²) in [5.74, 6) is 0.655. The van der Waals surface area contributed by atoms with Crippen LogP contribution in [0.5, 0.6) is 0 Å². The summed E-state index contributed by atoms with van der Waals surface area (Å²) in [6.45, 7) is 0.564. The van der Waals surface area contributed by atoms with Gasteiger partial charge >= 0.3 is 0 Å². The normalized spacial score (nSPS) is 21.6. The van der Waals surface area contributed by atoms with E-state index in [4.69, 9.17) is 0 Å². The van der Waals surface area contributed by atoms with Gasteiger partial charge in [-0.15, -0.1) is 0 Å². The number of aromatic nitrogens is 2. The zero-order valence-corrected chi connectivity index (χ0v) is 10.7. The predicted octanol–water partition coefficient (Wildman–Crippen LogP) is 0.615. The van der Waals surface area contributed by atoms with E-state index in [0.29, 0.717) is 18.1 Å². The molecule has 1 aliphatic rings. The minimum absolute atomic E-state index is 0.175. The van der Waals surface area contributed by atoms with E-state index >= 15 is 0 Å². The quantitative estimate of drug-likeness (QED) is 0.857. The van der Waals surface area contributed by atoms with Gasteiger partial charge < -0.3 is 5.32 Å². The minimum Gasteiger partial charge on any atom is -0.372 e. The number of hydrogen-bond acceptors (Lipinski definition) is 5. The number of anilines is 1. The molecule has 1 fully saturated rings. The molecule has 0 saturated carbocycles. The topological polar surface area (TPSA) is 75.2 Å². The summed E-state index contributed by atoms with van der Waals surface area (Å²) in [4.78, 5) is 8.43. The van der Waals surface area contributed by atoms with Gasteiger partial charge in [-0.3, -0.25) is 4.98 Å². The molecule has 94 valence electrons. The Hall–Kier alpha value is -1.21. The molecule has 1 aromatic rings. The van der Waals surface area contributed by atoms with E-state index in [-0.39, 0.29) is 6.04 Å². The summed E-state index contributed by atoms with van der Waals surface area (Å²) in [5, 5.41) is 2.90. The van der Waals surface area contributed by atoms with Crippen LogP contribution in [0, 0.1) is 0 Å². The molecule has 0 radical (unpaired) electrons. The second kappa shape index (κ2) is 4.58. The molecular formula is C10H16N4O2S. The summed E-state index contributed by atoms with van der Waals surface area (Å²) in [6.07, 6.45) is 6.15. The molecule has 1 N–H and O–H groups in total. The minimum atomic E-state index is -3.17. The molecule has 17 heavy (non-hydrogen) atoms. The Morgan fingerprint density at radius 3 is 2.88 bits per heavy atom. The van der Waals surface area contributed by atoms with E-state index in [1.54, 1.807) is 19.4 Å². The van der Waals surface area contributed by atoms with Crippen molar-refractivity contribution in [3.8, 4) is 0 Å². The van der Waals surface area contributed by atoms with Gasteiger partial charge in [0.1, 0.15) is 5.82 Å². The van der Waals surface area contributed by atoms with Crippen molar-refractivity contribution in [3.63, 3.8) is 0 Å². The van der Waals surface area contributed by atoms with Crippen molar-refractivity contribution in [2.75, 3.05) is 25.2 Å². The molecule has 2 rings (SSSR count). The highest BCUT2D eigenvalue weighted by atomic mass is 32.2. The lowest BCUT2D eigenvalue weighted by atomic mass is 10.2. The molecule has 2 heterocycles. The fourth-order valence-corrected chi connectivity index (χ4v) is 3.23. The van der Waals surface area contributed by atoms with Gasteiger partial charge in [0, 0.05) is 13.6 Å². The largest absolute Gasteiger partial charge is 0.372 e. The van der Waals surface area contributed by atoms with E-state index in [2.05, 4.69) is 15.3 Å². The molecule has 6 nitrogen and oxygen atoms in total. The zero-order chi connectivity index (χ0) is 12.5. The lowest BCUT2D eigenvalue weighted by molar-refractivity contribution is 0.393. The standard InChI is InChI=1S/C10H16N4O2S/c1-11-10-7-12-6-8(13-10)9-4-3-5-14(9)17(2,15)16/h6-7,9H,3-5H2,1-2H3,(H,11,13)/t9-/m0/s1. The number of hydrogen-bond donors (Lipinski definition) is 1. The van der Waals surface area contributed by atoms with Crippen molar-refractivity contribution in [1.82, 2.24) is 14.3 Å². The van der Waals surface area contributed by atoms with Crippen molar-refractivity contribution < 1.29 is 8.42 Å². The molecule has 0 amide bonds. The van der Waals surface area contributed by atoms with Crippen LogP contribution in [0.2, 0.25) is 0 Å². The van der Waals surface area contributed by atoms with E-state index < -0.39 is 10.0 Å². The van der Waals surface area contributed by atoms with E-state index in [9.17, 15) is 8.42 Å². The molecule has 0 aromatic carbocycles. The fraction of sp³-hybridized carbons (Fsp3) is 0.600. The van der Waals surface area contributed by atoms with Crippen LogP contribution < -0.4 is 5.32 Å². The number of sulfonamides is 1. The third kappa shape index (κ3) is 2.55. The molecule has 0 unspecified atom stereocenters. The summed E-state index contributed by atoms with van der Waals surface area (Å²) in [6, 6.07) is -0.175. The van der Waals surface area contributed by atoms with Gasteiger partial charge in [0.05, 0.1) is 30.4 Å². The molecule has 7 heteroatoms. The molecule has 1 aliphatic heterocycles. The first kappa shape index (κ1) is 12.3. The Labute approximate surface area is 101 Å². The van der Waals surface area contributed by atoms with Crippen LogP contribution in [0.3, 0.4) is 0 Å². The summed E-state index contributed by atoms with van der Waals surface area (Å²) >= 11 is 0. The first-order chi connectivity index (χ1) is 8.02. The Bertz CT molecular complexity index is 503. The highest BCUT2D eigenvalue weighted by Gasteiger charge is 2.33. The average molecular weight is 256 g/mol. The predicted molar refractivity (Wildman–Crippen MR) is 65.1 cm³/mol. The van der Waals surface area contributed by atoms with Crippen LogP contribution in [0.1, 0.15) is 24.6 Å². The maximum Gasteiger partial charge on any atom is 0.211 e. The molecule has 0 aliphatic carbocycles. The number of rotatable bonds is 3. The van der Waals surface area contributed by atoms with Crippen LogP contribution in [-0.2, 0) is 10.0 Å². The van der Waals surface area contributed by atoms with Gasteiger partial charge in [-0.05, 0) is 12.8 Å². The highest BCUT2D eigenvalue weighted by Crippen LogP contribution is 2.32. The lowest BCUT2D eigenvalue weighted by Crippen LogP contribution is -2.30. The van der Waals surface area contributed by atoms with E-state index in [1.165, 1.54) is 10.6 Å². The van der Waals surface area contributed by atoms with Crippen molar-refractivity contribution in [2.45, 2.75) is 18.9 Å². The van der Waals surface area contributed by atoms with Crippen molar-refractivity contribution in [3.05, 3.63) is 18.1 Å². The Morgan fingerprint density at radius 1 is 1.47 bits per heavy atom. The Balaban J connectivity index is 2.32. The van der Waals surface area contributed by atoms with Crippen LogP contribution in [0.15, 0.2) is 12.4 Å². The highest BCUT2D eigenvalue weighted by molar-refractivity contribution is 7.88. The van der Waals surface area contributed by atoms with Crippen LogP contribution in [0.25, 0.3) is 0 Å². The lowest BCUT2D eigenvalue weighted by Gasteiger charge is -2.21. The molecule has 0 bridgehead atoms. The Kier molecular flexibility index (Phi) is 3.30. The maximum absolute atomic E-state index is 11.6. The van der Waals surface area contributed by atoms with Crippen molar-refractivity contribution >= 4 is 15.8 Å². The summed E-state index contributed by atoms with van der Waals surface area (Å²) in [5.41, 5.74) is 0.708. The third-order valence-electron chi connectivity index (χ3n) is 2.88. The first-order valence-corrected chi connectivity index (χ1v) is 7.33. The Morgan fingerprint density at radius 2 is 2.24 bits per heavy atom. The number of nitrogens with zero attached hydrogens (tertiary/aromatic N) is 3. The second-order valence-corrected chi connectivity index (χ2v) is 6.05. The van der Waals surface area contributed by atoms with Crippen molar-refractivity contribution in [1.29, 1.82) is 0 Å². The molecule has 0 spiro atoms. The van der Waals surface area contributed by atoms with Gasteiger partial charge in [0.2, 0.25) is 10.0 Å². The first-order valence-electron chi connectivity index (χ1n) is 5.49. The number of nitrogens with one attached hydrogen (secondary N) is 1. The summed E-state index contributed by atoms with van der Waals surface area (Å²) < 4.78 is 24.8. The van der Waals surface area contributed by atoms with Gasteiger partial charge in [0.25, 0.3) is 0 Å². The second-order valence-electron chi connectivity index (χ2n) is 4.11. The van der Waals surface area contributed by atoms with Gasteiger partial charge in [0.15, 0.2) is 0 Å².